The zero-order valence-electron chi connectivity index (χ0n) is 12.5. The van der Waals surface area contributed by atoms with Gasteiger partial charge < -0.3 is 4.74 Å². The number of hydrazine groups is 1. The van der Waals surface area contributed by atoms with E-state index in [1.54, 1.807) is 0 Å². The number of benzene rings is 1. The number of nitrogens with one attached hydrogen (secondary N) is 2. The van der Waals surface area contributed by atoms with Crippen LogP contribution in [0.1, 0.15) is 33.3 Å². The number of hydrogen-bond acceptors (Lipinski definition) is 3. The van der Waals surface area contributed by atoms with E-state index in [0.717, 1.165) is 16.9 Å². The Morgan fingerprint density at radius 2 is 2.10 bits per heavy atom. The van der Waals surface area contributed by atoms with Crippen molar-refractivity contribution in [3.8, 4) is 5.75 Å². The van der Waals surface area contributed by atoms with Gasteiger partial charge in [0.1, 0.15) is 5.75 Å². The lowest BCUT2D eigenvalue weighted by atomic mass is 9.94. The molecule has 0 spiro atoms. The van der Waals surface area contributed by atoms with Crippen LogP contribution in [0, 0.1) is 5.92 Å². The van der Waals surface area contributed by atoms with Gasteiger partial charge in [0.2, 0.25) is 0 Å². The van der Waals surface area contributed by atoms with Gasteiger partial charge in [0, 0.05) is 5.57 Å². The molecule has 0 bridgehead atoms. The summed E-state index contributed by atoms with van der Waals surface area (Å²) in [6.45, 7) is 8.85. The first-order chi connectivity index (χ1) is 9.38. The number of amides is 1. The third-order valence-electron chi connectivity index (χ3n) is 3.16. The van der Waals surface area contributed by atoms with Gasteiger partial charge in [0.25, 0.3) is 5.91 Å². The van der Waals surface area contributed by atoms with Crippen molar-refractivity contribution in [2.24, 2.45) is 5.92 Å². The highest BCUT2D eigenvalue weighted by molar-refractivity contribution is 6.01. The highest BCUT2D eigenvalue weighted by Gasteiger charge is 2.34. The summed E-state index contributed by atoms with van der Waals surface area (Å²) in [5, 5.41) is 0. The van der Waals surface area contributed by atoms with E-state index in [2.05, 4.69) is 24.7 Å². The van der Waals surface area contributed by atoms with E-state index in [1.807, 2.05) is 44.2 Å². The summed E-state index contributed by atoms with van der Waals surface area (Å²) in [5.74, 6) is 1.24. The van der Waals surface area contributed by atoms with Crippen LogP contribution in [0.5, 0.6) is 5.75 Å². The van der Waals surface area contributed by atoms with Crippen molar-refractivity contribution in [1.29, 1.82) is 0 Å². The molecule has 4 nitrogen and oxygen atoms in total. The first kappa shape index (κ1) is 14.6. The van der Waals surface area contributed by atoms with Crippen molar-refractivity contribution in [2.75, 3.05) is 6.61 Å². The summed E-state index contributed by atoms with van der Waals surface area (Å²) in [6.07, 6.45) is 1.90. The maximum absolute atomic E-state index is 11.8. The van der Waals surface area contributed by atoms with Gasteiger partial charge in [-0.3, -0.25) is 10.2 Å². The van der Waals surface area contributed by atoms with Crippen molar-refractivity contribution in [2.45, 2.75) is 33.2 Å². The molecule has 0 atom stereocenters. The third kappa shape index (κ3) is 3.39. The Kier molecular flexibility index (Phi) is 4.14. The molecule has 1 fully saturated rings. The molecule has 1 saturated heterocycles. The Labute approximate surface area is 120 Å². The van der Waals surface area contributed by atoms with Crippen LogP contribution in [-0.4, -0.2) is 18.1 Å². The quantitative estimate of drug-likeness (QED) is 0.830. The van der Waals surface area contributed by atoms with E-state index in [4.69, 9.17) is 4.74 Å². The number of carbonyl (C=O) groups is 1. The maximum Gasteiger partial charge on any atom is 0.263 e. The molecule has 1 aromatic carbocycles. The Bertz CT molecular complexity index is 533. The van der Waals surface area contributed by atoms with Crippen molar-refractivity contribution < 1.29 is 9.53 Å². The zero-order chi connectivity index (χ0) is 14.8. The minimum Gasteiger partial charge on any atom is -0.493 e. The molecule has 1 amide bonds. The summed E-state index contributed by atoms with van der Waals surface area (Å²) in [5.41, 5.74) is 6.94. The second-order valence-corrected chi connectivity index (χ2v) is 6.04. The highest BCUT2D eigenvalue weighted by atomic mass is 16.5. The van der Waals surface area contributed by atoms with Gasteiger partial charge in [-0.1, -0.05) is 26.0 Å². The van der Waals surface area contributed by atoms with Crippen LogP contribution < -0.4 is 15.6 Å². The first-order valence-electron chi connectivity index (χ1n) is 6.91. The van der Waals surface area contributed by atoms with Gasteiger partial charge >= 0.3 is 0 Å². The minimum absolute atomic E-state index is 0.0801. The Morgan fingerprint density at radius 3 is 2.70 bits per heavy atom. The molecule has 108 valence electrons. The van der Waals surface area contributed by atoms with Gasteiger partial charge in [-0.25, -0.2) is 5.43 Å². The topological polar surface area (TPSA) is 50.4 Å². The molecule has 2 N–H and O–H groups in total. The maximum atomic E-state index is 11.8. The van der Waals surface area contributed by atoms with Gasteiger partial charge in [0.15, 0.2) is 0 Å². The van der Waals surface area contributed by atoms with Crippen LogP contribution in [-0.2, 0) is 4.79 Å². The molecule has 1 aliphatic rings. The van der Waals surface area contributed by atoms with E-state index in [9.17, 15) is 4.79 Å². The summed E-state index contributed by atoms with van der Waals surface area (Å²) in [4.78, 5) is 11.8. The summed E-state index contributed by atoms with van der Waals surface area (Å²) >= 11 is 0. The fourth-order valence-corrected chi connectivity index (χ4v) is 2.00. The molecule has 20 heavy (non-hydrogen) atoms. The third-order valence-corrected chi connectivity index (χ3v) is 3.16. The Hall–Kier alpha value is -1.81. The van der Waals surface area contributed by atoms with Gasteiger partial charge in [-0.15, -0.1) is 0 Å². The molecule has 1 heterocycles. The molecule has 0 radical (unpaired) electrons. The van der Waals surface area contributed by atoms with Gasteiger partial charge in [-0.2, -0.15) is 0 Å². The molecule has 1 aromatic rings. The minimum atomic E-state index is -0.369. The lowest BCUT2D eigenvalue weighted by molar-refractivity contribution is -0.116. The lowest BCUT2D eigenvalue weighted by Gasteiger charge is -2.17. The van der Waals surface area contributed by atoms with E-state index < -0.39 is 0 Å². The Balaban J connectivity index is 2.21. The molecule has 0 unspecified atom stereocenters. The van der Waals surface area contributed by atoms with Gasteiger partial charge in [0.05, 0.1) is 12.1 Å². The highest BCUT2D eigenvalue weighted by Crippen LogP contribution is 2.24. The lowest BCUT2D eigenvalue weighted by Crippen LogP contribution is -2.38. The van der Waals surface area contributed by atoms with E-state index >= 15 is 0 Å². The van der Waals surface area contributed by atoms with Crippen molar-refractivity contribution in [3.05, 3.63) is 35.4 Å². The van der Waals surface area contributed by atoms with Crippen molar-refractivity contribution >= 4 is 12.0 Å². The summed E-state index contributed by atoms with van der Waals surface area (Å²) in [6, 6.07) is 7.80. The number of ether oxygens (including phenoxy) is 1. The van der Waals surface area contributed by atoms with E-state index in [1.165, 1.54) is 0 Å². The predicted molar refractivity (Wildman–Crippen MR) is 80.1 cm³/mol. The molecule has 2 rings (SSSR count). The van der Waals surface area contributed by atoms with Crippen LogP contribution in [0.25, 0.3) is 6.08 Å². The number of carbonyl (C=O) groups excluding carboxylic acids is 1. The molecule has 1 aliphatic heterocycles. The fraction of sp³-hybridized carbons (Fsp3) is 0.438. The smallest absolute Gasteiger partial charge is 0.263 e. The number of hydrogen-bond donors (Lipinski definition) is 2. The van der Waals surface area contributed by atoms with Gasteiger partial charge in [-0.05, 0) is 43.5 Å². The van der Waals surface area contributed by atoms with Crippen molar-refractivity contribution in [3.63, 3.8) is 0 Å². The second-order valence-electron chi connectivity index (χ2n) is 6.04. The van der Waals surface area contributed by atoms with Crippen molar-refractivity contribution in [1.82, 2.24) is 10.9 Å². The van der Waals surface area contributed by atoms with Crippen LogP contribution in [0.3, 0.4) is 0 Å². The zero-order valence-corrected chi connectivity index (χ0v) is 12.5. The largest absolute Gasteiger partial charge is 0.493 e. The summed E-state index contributed by atoms with van der Waals surface area (Å²) < 4.78 is 5.71. The van der Waals surface area contributed by atoms with Crippen LogP contribution in [0.2, 0.25) is 0 Å². The monoisotopic (exact) mass is 274 g/mol. The van der Waals surface area contributed by atoms with E-state index in [0.29, 0.717) is 12.5 Å². The molecule has 0 saturated carbocycles. The normalized spacial score (nSPS) is 19.4. The standard InChI is InChI=1S/C16H22N2O2/c1-11(2)10-20-13-7-5-6-12(8-13)9-14-15(19)17-18-16(14,3)4/h5-9,11,18H,10H2,1-4H3,(H,17,19)/b14-9+. The summed E-state index contributed by atoms with van der Waals surface area (Å²) in [7, 11) is 0. The predicted octanol–water partition coefficient (Wildman–Crippen LogP) is 2.52. The molecule has 0 aromatic heterocycles. The average Bonchev–Trinajstić information content (AvgIpc) is 2.64. The fourth-order valence-electron chi connectivity index (χ4n) is 2.00. The second kappa shape index (κ2) is 5.67. The first-order valence-corrected chi connectivity index (χ1v) is 6.91. The van der Waals surface area contributed by atoms with Crippen LogP contribution in [0.15, 0.2) is 29.8 Å². The molecule has 0 aliphatic carbocycles. The van der Waals surface area contributed by atoms with Crippen LogP contribution >= 0.6 is 0 Å². The average molecular weight is 274 g/mol. The Morgan fingerprint density at radius 1 is 1.35 bits per heavy atom. The van der Waals surface area contributed by atoms with Crippen LogP contribution in [0.4, 0.5) is 0 Å². The molecule has 4 heteroatoms. The SMILES string of the molecule is CC(C)COc1cccc(/C=C2\C(=O)NNC2(C)C)c1. The molecular formula is C16H22N2O2. The number of rotatable bonds is 4. The van der Waals surface area contributed by atoms with E-state index in [-0.39, 0.29) is 11.4 Å². The molecular weight excluding hydrogens is 252 g/mol.